The molecule has 0 atom stereocenters. The minimum Gasteiger partial charge on any atom is -0.465 e. The molecule has 9 nitrogen and oxygen atoms in total. The first kappa shape index (κ1) is 16.6. The summed E-state index contributed by atoms with van der Waals surface area (Å²) >= 11 is 0. The van der Waals surface area contributed by atoms with E-state index in [9.17, 15) is 19.7 Å². The van der Waals surface area contributed by atoms with Crippen LogP contribution in [0.5, 0.6) is 0 Å². The Kier molecular flexibility index (Phi) is 4.46. The number of anilines is 1. The van der Waals surface area contributed by atoms with Gasteiger partial charge in [0.2, 0.25) is 5.91 Å². The number of ether oxygens (including phenoxy) is 1. The number of nitrogens with zero attached hydrogens (tertiary/aromatic N) is 4. The molecule has 1 amide bonds. The lowest BCUT2D eigenvalue weighted by molar-refractivity contribution is -0.385. The van der Waals surface area contributed by atoms with Crippen LogP contribution in [0.25, 0.3) is 0 Å². The molecule has 0 unspecified atom stereocenters. The highest BCUT2D eigenvalue weighted by Crippen LogP contribution is 2.29. The van der Waals surface area contributed by atoms with E-state index >= 15 is 0 Å². The minimum absolute atomic E-state index is 0.0947. The van der Waals surface area contributed by atoms with Crippen LogP contribution in [-0.2, 0) is 22.5 Å². The van der Waals surface area contributed by atoms with Crippen molar-refractivity contribution in [2.45, 2.75) is 19.4 Å². The lowest BCUT2D eigenvalue weighted by Gasteiger charge is -2.17. The Labute approximate surface area is 142 Å². The molecule has 9 heteroatoms. The Morgan fingerprint density at radius 2 is 2.20 bits per heavy atom. The molecule has 3 rings (SSSR count). The maximum atomic E-state index is 12.5. The van der Waals surface area contributed by atoms with Gasteiger partial charge in [0.05, 0.1) is 17.6 Å². The van der Waals surface area contributed by atoms with E-state index in [1.165, 1.54) is 18.0 Å². The van der Waals surface area contributed by atoms with Gasteiger partial charge in [-0.3, -0.25) is 19.6 Å². The van der Waals surface area contributed by atoms with Crippen LogP contribution in [-0.4, -0.2) is 40.2 Å². The molecule has 0 radical (unpaired) electrons. The fourth-order valence-corrected chi connectivity index (χ4v) is 2.82. The van der Waals surface area contributed by atoms with Gasteiger partial charge in [0.15, 0.2) is 0 Å². The van der Waals surface area contributed by atoms with Gasteiger partial charge in [-0.2, -0.15) is 5.10 Å². The van der Waals surface area contributed by atoms with Crippen molar-refractivity contribution in [3.8, 4) is 0 Å². The lowest BCUT2D eigenvalue weighted by atomic mass is 10.1. The summed E-state index contributed by atoms with van der Waals surface area (Å²) in [4.78, 5) is 35.8. The zero-order valence-electron chi connectivity index (χ0n) is 13.5. The van der Waals surface area contributed by atoms with Crippen molar-refractivity contribution >= 4 is 23.3 Å². The number of nitro groups is 1. The Balaban J connectivity index is 1.66. The van der Waals surface area contributed by atoms with Gasteiger partial charge in [-0.05, 0) is 30.2 Å². The number of carbonyl (C=O) groups is 2. The summed E-state index contributed by atoms with van der Waals surface area (Å²) in [5.74, 6) is -0.504. The smallest absolute Gasteiger partial charge is 0.337 e. The van der Waals surface area contributed by atoms with Gasteiger partial charge in [0.25, 0.3) is 0 Å². The number of methoxy groups -OCH3 is 1. The van der Waals surface area contributed by atoms with E-state index in [2.05, 4.69) is 5.10 Å². The molecule has 1 aromatic heterocycles. The summed E-state index contributed by atoms with van der Waals surface area (Å²) in [7, 11) is 1.32. The molecule has 2 heterocycles. The van der Waals surface area contributed by atoms with Crippen molar-refractivity contribution in [2.75, 3.05) is 18.6 Å². The third-order valence-electron chi connectivity index (χ3n) is 4.08. The minimum atomic E-state index is -0.527. The Bertz CT molecular complexity index is 845. The molecular weight excluding hydrogens is 328 g/mol. The van der Waals surface area contributed by atoms with Crippen LogP contribution < -0.4 is 4.90 Å². The van der Waals surface area contributed by atoms with E-state index in [-0.39, 0.29) is 24.6 Å². The third-order valence-corrected chi connectivity index (χ3v) is 4.08. The second-order valence-corrected chi connectivity index (χ2v) is 5.60. The van der Waals surface area contributed by atoms with Gasteiger partial charge in [0.1, 0.15) is 12.4 Å². The SMILES string of the molecule is COC(=O)c1ccc2c(c1)CCN2C(=O)CCn1cc([N+](=O)[O-])cn1. The lowest BCUT2D eigenvalue weighted by Crippen LogP contribution is -2.29. The number of rotatable bonds is 5. The van der Waals surface area contributed by atoms with Gasteiger partial charge in [-0.15, -0.1) is 0 Å². The van der Waals surface area contributed by atoms with Crippen molar-refractivity contribution in [3.63, 3.8) is 0 Å². The van der Waals surface area contributed by atoms with Gasteiger partial charge in [0, 0.05) is 25.2 Å². The highest BCUT2D eigenvalue weighted by atomic mass is 16.6. The zero-order valence-corrected chi connectivity index (χ0v) is 13.5. The summed E-state index contributed by atoms with van der Waals surface area (Å²) in [6.07, 6.45) is 3.30. The quantitative estimate of drug-likeness (QED) is 0.463. The van der Waals surface area contributed by atoms with E-state index < -0.39 is 10.9 Å². The van der Waals surface area contributed by atoms with Gasteiger partial charge in [-0.25, -0.2) is 4.79 Å². The average molecular weight is 344 g/mol. The maximum Gasteiger partial charge on any atom is 0.337 e. The molecule has 0 spiro atoms. The standard InChI is InChI=1S/C16H16N4O5/c1-25-16(22)12-2-3-14-11(8-12)4-7-19(14)15(21)5-6-18-10-13(9-17-18)20(23)24/h2-3,8-10H,4-7H2,1H3. The van der Waals surface area contributed by atoms with Crippen LogP contribution in [0, 0.1) is 10.1 Å². The molecule has 0 bridgehead atoms. The number of esters is 1. The average Bonchev–Trinajstić information content (AvgIpc) is 3.25. The van der Waals surface area contributed by atoms with E-state index in [4.69, 9.17) is 4.74 Å². The van der Waals surface area contributed by atoms with Crippen molar-refractivity contribution < 1.29 is 19.2 Å². The monoisotopic (exact) mass is 344 g/mol. The summed E-state index contributed by atoms with van der Waals surface area (Å²) in [6.45, 7) is 0.802. The van der Waals surface area contributed by atoms with Crippen LogP contribution in [0.2, 0.25) is 0 Å². The van der Waals surface area contributed by atoms with E-state index in [1.807, 2.05) is 0 Å². The second kappa shape index (κ2) is 6.71. The largest absolute Gasteiger partial charge is 0.465 e. The predicted octanol–water partition coefficient (Wildman–Crippen LogP) is 1.56. The zero-order chi connectivity index (χ0) is 18.0. The normalized spacial score (nSPS) is 12.8. The van der Waals surface area contributed by atoms with Crippen molar-refractivity contribution in [1.29, 1.82) is 0 Å². The Hall–Kier alpha value is -3.23. The van der Waals surface area contributed by atoms with E-state index in [1.54, 1.807) is 23.1 Å². The van der Waals surface area contributed by atoms with Crippen molar-refractivity contribution in [2.24, 2.45) is 0 Å². The molecule has 2 aromatic rings. The highest BCUT2D eigenvalue weighted by molar-refractivity contribution is 5.97. The van der Waals surface area contributed by atoms with Gasteiger partial charge < -0.3 is 9.64 Å². The molecule has 1 aliphatic heterocycles. The van der Waals surface area contributed by atoms with E-state index in [0.29, 0.717) is 18.5 Å². The molecule has 1 aliphatic rings. The first-order valence-corrected chi connectivity index (χ1v) is 7.68. The fourth-order valence-electron chi connectivity index (χ4n) is 2.82. The van der Waals surface area contributed by atoms with Crippen LogP contribution in [0.3, 0.4) is 0 Å². The first-order chi connectivity index (χ1) is 12.0. The third kappa shape index (κ3) is 3.35. The summed E-state index contributed by atoms with van der Waals surface area (Å²) in [5.41, 5.74) is 2.06. The topological polar surface area (TPSA) is 108 Å². The number of aryl methyl sites for hydroxylation is 1. The Morgan fingerprint density at radius 1 is 1.40 bits per heavy atom. The molecule has 0 fully saturated rings. The van der Waals surface area contributed by atoms with Crippen molar-refractivity contribution in [3.05, 3.63) is 51.8 Å². The number of hydrogen-bond donors (Lipinski definition) is 0. The molecule has 130 valence electrons. The predicted molar refractivity (Wildman–Crippen MR) is 87.3 cm³/mol. The number of aromatic nitrogens is 2. The van der Waals surface area contributed by atoms with Crippen LogP contribution in [0.15, 0.2) is 30.6 Å². The van der Waals surface area contributed by atoms with E-state index in [0.717, 1.165) is 17.4 Å². The second-order valence-electron chi connectivity index (χ2n) is 5.60. The van der Waals surface area contributed by atoms with Gasteiger partial charge in [-0.1, -0.05) is 0 Å². The number of carbonyl (C=O) groups excluding carboxylic acids is 2. The summed E-state index contributed by atoms with van der Waals surface area (Å²) in [6, 6.07) is 5.11. The fraction of sp³-hybridized carbons (Fsp3) is 0.312. The molecule has 0 saturated carbocycles. The van der Waals surface area contributed by atoms with Gasteiger partial charge >= 0.3 is 11.7 Å². The summed E-state index contributed by atoms with van der Waals surface area (Å²) in [5, 5.41) is 14.5. The van der Waals surface area contributed by atoms with Crippen LogP contribution >= 0.6 is 0 Å². The molecule has 25 heavy (non-hydrogen) atoms. The number of hydrogen-bond acceptors (Lipinski definition) is 6. The molecule has 0 N–H and O–H groups in total. The maximum absolute atomic E-state index is 12.5. The van der Waals surface area contributed by atoms with Crippen molar-refractivity contribution in [1.82, 2.24) is 9.78 Å². The molecular formula is C16H16N4O5. The molecule has 0 aliphatic carbocycles. The number of amides is 1. The Morgan fingerprint density at radius 3 is 2.88 bits per heavy atom. The van der Waals surface area contributed by atoms with Crippen LogP contribution in [0.4, 0.5) is 11.4 Å². The van der Waals surface area contributed by atoms with Crippen LogP contribution in [0.1, 0.15) is 22.3 Å². The molecule has 1 aromatic carbocycles. The number of benzene rings is 1. The number of fused-ring (bicyclic) bond motifs is 1. The first-order valence-electron chi connectivity index (χ1n) is 7.68. The summed E-state index contributed by atoms with van der Waals surface area (Å²) < 4.78 is 6.08. The highest BCUT2D eigenvalue weighted by Gasteiger charge is 2.25. The molecule has 0 saturated heterocycles.